The number of hydrogen-bond donors (Lipinski definition) is 1. The maximum atomic E-state index is 13.3. The number of aromatic nitrogens is 5. The zero-order valence-corrected chi connectivity index (χ0v) is 14.2. The van der Waals surface area contributed by atoms with Gasteiger partial charge >= 0.3 is 0 Å². The monoisotopic (exact) mass is 362 g/mol. The summed E-state index contributed by atoms with van der Waals surface area (Å²) in [7, 11) is 0. The lowest BCUT2D eigenvalue weighted by molar-refractivity contribution is 0.102. The number of anilines is 1. The van der Waals surface area contributed by atoms with Gasteiger partial charge in [0.15, 0.2) is 11.5 Å². The van der Waals surface area contributed by atoms with Crippen LogP contribution in [0.3, 0.4) is 0 Å². The molecule has 0 saturated heterocycles. The summed E-state index contributed by atoms with van der Waals surface area (Å²) in [4.78, 5) is 16.6. The van der Waals surface area contributed by atoms with Crippen molar-refractivity contribution >= 4 is 11.7 Å². The van der Waals surface area contributed by atoms with Gasteiger partial charge in [-0.05, 0) is 36.4 Å². The van der Waals surface area contributed by atoms with E-state index in [9.17, 15) is 9.18 Å². The minimum Gasteiger partial charge on any atom is -0.304 e. The van der Waals surface area contributed by atoms with E-state index >= 15 is 0 Å². The van der Waals surface area contributed by atoms with Crippen LogP contribution < -0.4 is 5.32 Å². The van der Waals surface area contributed by atoms with E-state index in [1.54, 1.807) is 47.5 Å². The number of hydrogen-bond acceptors (Lipinski definition) is 4. The molecule has 3 aromatic heterocycles. The average Bonchev–Trinajstić information content (AvgIpc) is 3.32. The van der Waals surface area contributed by atoms with Crippen molar-refractivity contribution in [3.8, 4) is 5.69 Å². The highest BCUT2D eigenvalue weighted by molar-refractivity contribution is 6.02. The summed E-state index contributed by atoms with van der Waals surface area (Å²) in [5, 5.41) is 11.2. The third kappa shape index (κ3) is 3.90. The second-order valence-electron chi connectivity index (χ2n) is 5.80. The summed E-state index contributed by atoms with van der Waals surface area (Å²) < 4.78 is 16.5. The number of carbonyl (C=O) groups excluding carboxylic acids is 1. The van der Waals surface area contributed by atoms with Crippen LogP contribution in [0.4, 0.5) is 10.2 Å². The van der Waals surface area contributed by atoms with Gasteiger partial charge in [-0.1, -0.05) is 12.1 Å². The van der Waals surface area contributed by atoms with Crippen LogP contribution in [0, 0.1) is 5.82 Å². The maximum absolute atomic E-state index is 13.3. The Bertz CT molecular complexity index is 1070. The summed E-state index contributed by atoms with van der Waals surface area (Å²) in [6.07, 6.45) is 5.08. The normalized spacial score (nSPS) is 10.7. The first-order valence-corrected chi connectivity index (χ1v) is 8.24. The Morgan fingerprint density at radius 3 is 2.78 bits per heavy atom. The van der Waals surface area contributed by atoms with E-state index in [1.165, 1.54) is 16.8 Å². The van der Waals surface area contributed by atoms with Gasteiger partial charge in [-0.3, -0.25) is 14.5 Å². The number of amides is 1. The van der Waals surface area contributed by atoms with Crippen molar-refractivity contribution in [1.82, 2.24) is 24.5 Å². The van der Waals surface area contributed by atoms with Gasteiger partial charge < -0.3 is 5.32 Å². The number of pyridine rings is 1. The van der Waals surface area contributed by atoms with E-state index in [0.29, 0.717) is 18.1 Å². The van der Waals surface area contributed by atoms with Crippen molar-refractivity contribution in [3.05, 3.63) is 90.4 Å². The number of nitrogens with one attached hydrogen (secondary N) is 1. The third-order valence-corrected chi connectivity index (χ3v) is 3.83. The van der Waals surface area contributed by atoms with Gasteiger partial charge in [0.25, 0.3) is 5.91 Å². The smallest absolute Gasteiger partial charge is 0.277 e. The van der Waals surface area contributed by atoms with Crippen molar-refractivity contribution in [2.45, 2.75) is 6.54 Å². The zero-order chi connectivity index (χ0) is 18.6. The van der Waals surface area contributed by atoms with E-state index < -0.39 is 5.91 Å². The number of carbonyl (C=O) groups is 1. The van der Waals surface area contributed by atoms with Crippen LogP contribution in [0.15, 0.2) is 73.2 Å². The number of benzene rings is 1. The molecule has 0 saturated carbocycles. The summed E-state index contributed by atoms with van der Waals surface area (Å²) in [5.41, 5.74) is 1.61. The van der Waals surface area contributed by atoms with Crippen LogP contribution in [0.5, 0.6) is 0 Å². The van der Waals surface area contributed by atoms with Crippen molar-refractivity contribution in [3.63, 3.8) is 0 Å². The molecule has 1 amide bonds. The summed E-state index contributed by atoms with van der Waals surface area (Å²) in [6.45, 7) is 0.505. The average molecular weight is 362 g/mol. The summed E-state index contributed by atoms with van der Waals surface area (Å²) in [5.74, 6) is -0.350. The van der Waals surface area contributed by atoms with E-state index in [-0.39, 0.29) is 11.5 Å². The molecule has 7 nitrogen and oxygen atoms in total. The first kappa shape index (κ1) is 16.6. The fourth-order valence-corrected chi connectivity index (χ4v) is 2.56. The summed E-state index contributed by atoms with van der Waals surface area (Å²) >= 11 is 0. The number of nitrogens with zero attached hydrogens (tertiary/aromatic N) is 5. The molecule has 0 fully saturated rings. The van der Waals surface area contributed by atoms with Crippen LogP contribution in [0.2, 0.25) is 0 Å². The van der Waals surface area contributed by atoms with Crippen LogP contribution in [-0.2, 0) is 6.54 Å². The molecule has 0 bridgehead atoms. The fraction of sp³-hybridized carbons (Fsp3) is 0.0526. The lowest BCUT2D eigenvalue weighted by Crippen LogP contribution is -2.14. The van der Waals surface area contributed by atoms with Gasteiger partial charge in [-0.2, -0.15) is 10.2 Å². The Morgan fingerprint density at radius 2 is 1.96 bits per heavy atom. The Labute approximate surface area is 154 Å². The molecule has 134 valence electrons. The molecule has 0 unspecified atom stereocenters. The second-order valence-corrected chi connectivity index (χ2v) is 5.80. The van der Waals surface area contributed by atoms with Crippen molar-refractivity contribution in [1.29, 1.82) is 0 Å². The van der Waals surface area contributed by atoms with E-state index in [1.807, 2.05) is 18.2 Å². The highest BCUT2D eigenvalue weighted by atomic mass is 19.1. The predicted octanol–water partition coefficient (Wildman–Crippen LogP) is 2.90. The van der Waals surface area contributed by atoms with Crippen molar-refractivity contribution < 1.29 is 9.18 Å². The molecule has 0 aliphatic heterocycles. The second kappa shape index (κ2) is 7.20. The Kier molecular flexibility index (Phi) is 4.44. The summed E-state index contributed by atoms with van der Waals surface area (Å²) in [6, 6.07) is 14.9. The van der Waals surface area contributed by atoms with Crippen LogP contribution in [0.25, 0.3) is 5.69 Å². The van der Waals surface area contributed by atoms with Gasteiger partial charge in [0, 0.05) is 24.7 Å². The maximum Gasteiger partial charge on any atom is 0.277 e. The highest BCUT2D eigenvalue weighted by Crippen LogP contribution is 2.11. The minimum atomic E-state index is -0.395. The molecule has 8 heteroatoms. The SMILES string of the molecule is O=C(Nc1ccn(Cc2ccccn2)n1)c1ccn(-c2cccc(F)c2)n1. The third-order valence-electron chi connectivity index (χ3n) is 3.83. The number of rotatable bonds is 5. The molecule has 0 radical (unpaired) electrons. The Hall–Kier alpha value is -3.81. The molecule has 1 aromatic carbocycles. The highest BCUT2D eigenvalue weighted by Gasteiger charge is 2.12. The van der Waals surface area contributed by atoms with Gasteiger partial charge in [0.05, 0.1) is 17.9 Å². The first-order chi connectivity index (χ1) is 13.2. The largest absolute Gasteiger partial charge is 0.304 e. The number of halogens is 1. The molecule has 1 N–H and O–H groups in total. The molecule has 0 spiro atoms. The molecular weight excluding hydrogens is 347 g/mol. The van der Waals surface area contributed by atoms with E-state index in [0.717, 1.165) is 5.69 Å². The molecule has 4 rings (SSSR count). The van der Waals surface area contributed by atoms with E-state index in [2.05, 4.69) is 20.5 Å². The van der Waals surface area contributed by atoms with Gasteiger partial charge in [-0.15, -0.1) is 0 Å². The quantitative estimate of drug-likeness (QED) is 0.592. The molecule has 4 aromatic rings. The van der Waals surface area contributed by atoms with Gasteiger partial charge in [0.2, 0.25) is 0 Å². The van der Waals surface area contributed by atoms with Crippen LogP contribution in [0.1, 0.15) is 16.2 Å². The van der Waals surface area contributed by atoms with E-state index in [4.69, 9.17) is 0 Å². The molecule has 27 heavy (non-hydrogen) atoms. The molecule has 0 atom stereocenters. The standard InChI is InChI=1S/C19H15FN6O/c20-14-4-3-6-16(12-14)26-11-7-17(23-26)19(27)22-18-8-10-25(24-18)13-15-5-1-2-9-21-15/h1-12H,13H2,(H,22,24,27). The first-order valence-electron chi connectivity index (χ1n) is 8.24. The lowest BCUT2D eigenvalue weighted by atomic mass is 10.3. The molecule has 3 heterocycles. The minimum absolute atomic E-state index is 0.207. The van der Waals surface area contributed by atoms with Gasteiger partial charge in [-0.25, -0.2) is 9.07 Å². The van der Waals surface area contributed by atoms with Crippen molar-refractivity contribution in [2.24, 2.45) is 0 Å². The van der Waals surface area contributed by atoms with Crippen LogP contribution in [-0.4, -0.2) is 30.5 Å². The van der Waals surface area contributed by atoms with Gasteiger partial charge in [0.1, 0.15) is 5.82 Å². The Morgan fingerprint density at radius 1 is 1.04 bits per heavy atom. The van der Waals surface area contributed by atoms with Crippen molar-refractivity contribution in [2.75, 3.05) is 5.32 Å². The topological polar surface area (TPSA) is 77.6 Å². The molecular formula is C19H15FN6O. The predicted molar refractivity (Wildman–Crippen MR) is 97.0 cm³/mol. The molecule has 0 aliphatic rings. The lowest BCUT2D eigenvalue weighted by Gasteiger charge is -2.02. The Balaban J connectivity index is 1.44. The zero-order valence-electron chi connectivity index (χ0n) is 14.2. The molecule has 0 aliphatic carbocycles. The fourth-order valence-electron chi connectivity index (χ4n) is 2.56. The van der Waals surface area contributed by atoms with Crippen LogP contribution >= 0.6 is 0 Å².